The lowest BCUT2D eigenvalue weighted by atomic mass is 9.94. The van der Waals surface area contributed by atoms with Gasteiger partial charge in [-0.3, -0.25) is 4.90 Å². The number of aliphatic hydroxyl groups is 1. The Hall–Kier alpha value is -1.81. The molecule has 2 aliphatic rings. The van der Waals surface area contributed by atoms with E-state index in [0.29, 0.717) is 36.2 Å². The highest BCUT2D eigenvalue weighted by atomic mass is 16.5. The van der Waals surface area contributed by atoms with Crippen LogP contribution in [0.5, 0.6) is 11.5 Å². The van der Waals surface area contributed by atoms with Crippen molar-refractivity contribution < 1.29 is 19.3 Å². The molecule has 136 valence electrons. The summed E-state index contributed by atoms with van der Waals surface area (Å²) in [4.78, 5) is 2.37. The maximum atomic E-state index is 10.2. The van der Waals surface area contributed by atoms with Crippen molar-refractivity contribution in [1.82, 2.24) is 4.90 Å². The third-order valence-corrected chi connectivity index (χ3v) is 5.24. The molecule has 1 N–H and O–H groups in total. The molecule has 1 saturated heterocycles. The Balaban J connectivity index is 1.58. The van der Waals surface area contributed by atoms with Crippen LogP contribution in [0, 0.1) is 17.2 Å². The van der Waals surface area contributed by atoms with Gasteiger partial charge in [-0.05, 0) is 25.0 Å². The van der Waals surface area contributed by atoms with Crippen molar-refractivity contribution in [2.24, 2.45) is 5.92 Å². The van der Waals surface area contributed by atoms with E-state index in [4.69, 9.17) is 19.5 Å². The first-order valence-corrected chi connectivity index (χ1v) is 8.93. The number of aliphatic hydroxyl groups excluding tert-OH is 1. The third-order valence-electron chi connectivity index (χ3n) is 5.24. The van der Waals surface area contributed by atoms with Gasteiger partial charge in [-0.25, -0.2) is 0 Å². The molecule has 1 aliphatic carbocycles. The van der Waals surface area contributed by atoms with Gasteiger partial charge in [0.15, 0.2) is 11.5 Å². The molecule has 1 saturated carbocycles. The molecule has 0 amide bonds. The van der Waals surface area contributed by atoms with Crippen LogP contribution in [-0.2, 0) is 4.74 Å². The molecule has 3 rings (SSSR count). The van der Waals surface area contributed by atoms with Crippen LogP contribution >= 0.6 is 0 Å². The Morgan fingerprint density at radius 3 is 2.96 bits per heavy atom. The number of morpholine rings is 1. The minimum absolute atomic E-state index is 0.214. The molecular formula is C19H26N2O4. The lowest BCUT2D eigenvalue weighted by Gasteiger charge is -2.40. The first-order chi connectivity index (χ1) is 12.2. The smallest absolute Gasteiger partial charge is 0.162 e. The van der Waals surface area contributed by atoms with Crippen LogP contribution in [0.1, 0.15) is 24.8 Å². The minimum atomic E-state index is -0.214. The van der Waals surface area contributed by atoms with Gasteiger partial charge in [0, 0.05) is 31.1 Å². The Morgan fingerprint density at radius 2 is 2.24 bits per heavy atom. The van der Waals surface area contributed by atoms with E-state index in [1.165, 1.54) is 0 Å². The zero-order chi connectivity index (χ0) is 17.6. The van der Waals surface area contributed by atoms with Gasteiger partial charge >= 0.3 is 0 Å². The summed E-state index contributed by atoms with van der Waals surface area (Å²) < 4.78 is 16.8. The van der Waals surface area contributed by atoms with Crippen LogP contribution in [-0.4, -0.2) is 62.2 Å². The number of nitrogens with zero attached hydrogens (tertiary/aromatic N) is 2. The first-order valence-electron chi connectivity index (χ1n) is 8.93. The van der Waals surface area contributed by atoms with Gasteiger partial charge < -0.3 is 19.3 Å². The zero-order valence-corrected chi connectivity index (χ0v) is 14.7. The van der Waals surface area contributed by atoms with Crippen molar-refractivity contribution in [1.29, 1.82) is 5.26 Å². The van der Waals surface area contributed by atoms with E-state index in [9.17, 15) is 5.11 Å². The molecular weight excluding hydrogens is 320 g/mol. The Kier molecular flexibility index (Phi) is 6.14. The van der Waals surface area contributed by atoms with Crippen LogP contribution in [0.4, 0.5) is 0 Å². The molecule has 25 heavy (non-hydrogen) atoms. The summed E-state index contributed by atoms with van der Waals surface area (Å²) in [5, 5.41) is 19.2. The molecule has 0 spiro atoms. The highest BCUT2D eigenvalue weighted by Gasteiger charge is 2.37. The number of hydrogen-bond donors (Lipinski definition) is 1. The second-order valence-electron chi connectivity index (χ2n) is 6.67. The van der Waals surface area contributed by atoms with E-state index in [1.54, 1.807) is 25.3 Å². The highest BCUT2D eigenvalue weighted by molar-refractivity contribution is 5.46. The summed E-state index contributed by atoms with van der Waals surface area (Å²) in [7, 11) is 1.57. The quantitative estimate of drug-likeness (QED) is 0.847. The van der Waals surface area contributed by atoms with Crippen LogP contribution in [0.15, 0.2) is 18.2 Å². The van der Waals surface area contributed by atoms with Gasteiger partial charge in [0.1, 0.15) is 6.61 Å². The standard InChI is InChI=1S/C19H26N2O4/c1-23-19-11-14(12-20)5-6-18(19)25-10-8-21-7-9-24-13-16(21)15-3-2-4-17(15)22/h5-6,11,15-17,22H,2-4,7-10,13H2,1H3. The van der Waals surface area contributed by atoms with Gasteiger partial charge in [-0.15, -0.1) is 0 Å². The normalized spacial score (nSPS) is 27.0. The fourth-order valence-corrected chi connectivity index (χ4v) is 3.88. The average Bonchev–Trinajstić information content (AvgIpc) is 3.08. The Bertz CT molecular complexity index is 616. The van der Waals surface area contributed by atoms with Gasteiger partial charge in [0.2, 0.25) is 0 Å². The number of nitriles is 1. The molecule has 0 radical (unpaired) electrons. The number of methoxy groups -OCH3 is 1. The summed E-state index contributed by atoms with van der Waals surface area (Å²) >= 11 is 0. The van der Waals surface area contributed by atoms with Gasteiger partial charge in [0.05, 0.1) is 38.1 Å². The minimum Gasteiger partial charge on any atom is -0.493 e. The highest BCUT2D eigenvalue weighted by Crippen LogP contribution is 2.32. The van der Waals surface area contributed by atoms with Crippen LogP contribution in [0.3, 0.4) is 0 Å². The van der Waals surface area contributed by atoms with Gasteiger partial charge in [0.25, 0.3) is 0 Å². The molecule has 3 unspecified atom stereocenters. The zero-order valence-electron chi connectivity index (χ0n) is 14.7. The van der Waals surface area contributed by atoms with E-state index in [1.807, 2.05) is 0 Å². The molecule has 3 atom stereocenters. The first kappa shape index (κ1) is 18.0. The summed E-state index contributed by atoms with van der Waals surface area (Å²) in [6, 6.07) is 7.54. The second kappa shape index (κ2) is 8.52. The van der Waals surface area contributed by atoms with Crippen LogP contribution in [0.25, 0.3) is 0 Å². The predicted molar refractivity (Wildman–Crippen MR) is 92.7 cm³/mol. The van der Waals surface area contributed by atoms with Crippen molar-refractivity contribution in [3.05, 3.63) is 23.8 Å². The SMILES string of the molecule is COc1cc(C#N)ccc1OCCN1CCOCC1C1CCCC1O. The maximum absolute atomic E-state index is 10.2. The molecule has 1 aromatic carbocycles. The number of ether oxygens (including phenoxy) is 3. The monoisotopic (exact) mass is 346 g/mol. The number of benzene rings is 1. The molecule has 6 nitrogen and oxygen atoms in total. The van der Waals surface area contributed by atoms with E-state index in [0.717, 1.165) is 39.0 Å². The van der Waals surface area contributed by atoms with Crippen molar-refractivity contribution in [2.75, 3.05) is 40.0 Å². The van der Waals surface area contributed by atoms with E-state index in [2.05, 4.69) is 11.0 Å². The average molecular weight is 346 g/mol. The fraction of sp³-hybridized carbons (Fsp3) is 0.632. The molecule has 6 heteroatoms. The van der Waals surface area contributed by atoms with Crippen molar-refractivity contribution in [3.63, 3.8) is 0 Å². The molecule has 2 fully saturated rings. The number of hydrogen-bond acceptors (Lipinski definition) is 6. The lowest BCUT2D eigenvalue weighted by molar-refractivity contribution is -0.0532. The van der Waals surface area contributed by atoms with E-state index < -0.39 is 0 Å². The summed E-state index contributed by atoms with van der Waals surface area (Å²) in [5.74, 6) is 1.51. The Labute approximate surface area is 148 Å². The maximum Gasteiger partial charge on any atom is 0.162 e. The number of rotatable bonds is 6. The predicted octanol–water partition coefficient (Wildman–Crippen LogP) is 1.81. The van der Waals surface area contributed by atoms with Crippen LogP contribution in [0.2, 0.25) is 0 Å². The van der Waals surface area contributed by atoms with Crippen molar-refractivity contribution in [2.45, 2.75) is 31.4 Å². The third kappa shape index (κ3) is 4.24. The molecule has 1 aromatic rings. The molecule has 1 aliphatic heterocycles. The molecule has 1 heterocycles. The lowest BCUT2D eigenvalue weighted by Crippen LogP contribution is -2.52. The largest absolute Gasteiger partial charge is 0.493 e. The van der Waals surface area contributed by atoms with E-state index in [-0.39, 0.29) is 12.1 Å². The van der Waals surface area contributed by atoms with Crippen LogP contribution < -0.4 is 9.47 Å². The summed E-state index contributed by atoms with van der Waals surface area (Å²) in [6.45, 7) is 3.57. The molecule has 0 bridgehead atoms. The topological polar surface area (TPSA) is 75.0 Å². The Morgan fingerprint density at radius 1 is 1.36 bits per heavy atom. The second-order valence-corrected chi connectivity index (χ2v) is 6.67. The van der Waals surface area contributed by atoms with Gasteiger partial charge in [-0.1, -0.05) is 6.42 Å². The van der Waals surface area contributed by atoms with Gasteiger partial charge in [-0.2, -0.15) is 5.26 Å². The summed E-state index contributed by atoms with van der Waals surface area (Å²) in [5.41, 5.74) is 0.549. The van der Waals surface area contributed by atoms with E-state index >= 15 is 0 Å². The van der Waals surface area contributed by atoms with Crippen molar-refractivity contribution in [3.8, 4) is 17.6 Å². The van der Waals surface area contributed by atoms with Crippen molar-refractivity contribution >= 4 is 0 Å². The molecule has 0 aromatic heterocycles. The fourth-order valence-electron chi connectivity index (χ4n) is 3.88. The summed E-state index contributed by atoms with van der Waals surface area (Å²) in [6.07, 6.45) is 2.84.